The van der Waals surface area contributed by atoms with Crippen LogP contribution < -0.4 is 5.43 Å². The predicted octanol–water partition coefficient (Wildman–Crippen LogP) is 1.91. The van der Waals surface area contributed by atoms with Gasteiger partial charge in [0.15, 0.2) is 0 Å². The van der Waals surface area contributed by atoms with Gasteiger partial charge in [-0.05, 0) is 11.6 Å². The standard InChI is InChI=1S/C9H13ClN2/c1-12(2)11-7-8-5-3-4-6-9(8)10/h3-6,11H,7H2,1-2H3. The molecule has 0 aliphatic rings. The molecule has 0 radical (unpaired) electrons. The zero-order valence-electron chi connectivity index (χ0n) is 7.34. The molecule has 0 amide bonds. The quantitative estimate of drug-likeness (QED) is 0.722. The maximum absolute atomic E-state index is 5.95. The molecule has 3 heteroatoms. The van der Waals surface area contributed by atoms with Crippen LogP contribution in [0.2, 0.25) is 5.02 Å². The molecule has 12 heavy (non-hydrogen) atoms. The molecule has 0 saturated carbocycles. The van der Waals surface area contributed by atoms with Gasteiger partial charge in [0.2, 0.25) is 0 Å². The lowest BCUT2D eigenvalue weighted by Crippen LogP contribution is -2.29. The Balaban J connectivity index is 2.57. The first kappa shape index (κ1) is 9.52. The van der Waals surface area contributed by atoms with Crippen molar-refractivity contribution in [2.75, 3.05) is 14.1 Å². The van der Waals surface area contributed by atoms with Gasteiger partial charge in [-0.3, -0.25) is 10.4 Å². The first-order valence-corrected chi connectivity index (χ1v) is 4.22. The molecule has 0 aliphatic heterocycles. The molecule has 0 fully saturated rings. The van der Waals surface area contributed by atoms with Crippen LogP contribution in [-0.2, 0) is 6.54 Å². The maximum Gasteiger partial charge on any atom is 0.0451 e. The van der Waals surface area contributed by atoms with Gasteiger partial charge in [0.1, 0.15) is 0 Å². The first-order chi connectivity index (χ1) is 5.70. The van der Waals surface area contributed by atoms with Gasteiger partial charge in [-0.1, -0.05) is 29.8 Å². The number of rotatable bonds is 3. The molecule has 66 valence electrons. The van der Waals surface area contributed by atoms with E-state index >= 15 is 0 Å². The first-order valence-electron chi connectivity index (χ1n) is 3.84. The van der Waals surface area contributed by atoms with Gasteiger partial charge in [0.05, 0.1) is 0 Å². The molecule has 1 N–H and O–H groups in total. The highest BCUT2D eigenvalue weighted by molar-refractivity contribution is 6.31. The van der Waals surface area contributed by atoms with E-state index in [1.807, 2.05) is 43.4 Å². The van der Waals surface area contributed by atoms with Crippen LogP contribution in [0.5, 0.6) is 0 Å². The van der Waals surface area contributed by atoms with Crippen LogP contribution in [-0.4, -0.2) is 19.1 Å². The van der Waals surface area contributed by atoms with Crippen molar-refractivity contribution in [2.45, 2.75) is 6.54 Å². The van der Waals surface area contributed by atoms with Crippen LogP contribution >= 0.6 is 11.6 Å². The molecule has 0 bridgehead atoms. The molecular formula is C9H13ClN2. The molecule has 1 aromatic rings. The third-order valence-corrected chi connectivity index (χ3v) is 1.91. The van der Waals surface area contributed by atoms with Gasteiger partial charge in [0.25, 0.3) is 0 Å². The second-order valence-electron chi connectivity index (χ2n) is 2.82. The van der Waals surface area contributed by atoms with Crippen LogP contribution in [0.25, 0.3) is 0 Å². The van der Waals surface area contributed by atoms with E-state index in [1.54, 1.807) is 0 Å². The van der Waals surface area contributed by atoms with Crippen molar-refractivity contribution < 1.29 is 0 Å². The number of hydrogen-bond acceptors (Lipinski definition) is 2. The van der Waals surface area contributed by atoms with Crippen molar-refractivity contribution in [3.05, 3.63) is 34.9 Å². The summed E-state index contributed by atoms with van der Waals surface area (Å²) < 4.78 is 0. The van der Waals surface area contributed by atoms with Crippen LogP contribution in [0.3, 0.4) is 0 Å². The summed E-state index contributed by atoms with van der Waals surface area (Å²) in [5.74, 6) is 0. The second kappa shape index (κ2) is 4.45. The third kappa shape index (κ3) is 2.81. The molecule has 0 unspecified atom stereocenters. The molecule has 0 aliphatic carbocycles. The molecule has 0 aromatic heterocycles. The summed E-state index contributed by atoms with van der Waals surface area (Å²) in [5.41, 5.74) is 4.27. The Morgan fingerprint density at radius 1 is 1.33 bits per heavy atom. The SMILES string of the molecule is CN(C)NCc1ccccc1Cl. The minimum absolute atomic E-state index is 0.771. The number of halogens is 1. The predicted molar refractivity (Wildman–Crippen MR) is 52.0 cm³/mol. The van der Waals surface area contributed by atoms with Gasteiger partial charge in [0, 0.05) is 25.7 Å². The molecular weight excluding hydrogens is 172 g/mol. The molecule has 1 aromatic carbocycles. The van der Waals surface area contributed by atoms with Gasteiger partial charge >= 0.3 is 0 Å². The number of hydrazine groups is 1. The Labute approximate surface area is 78.1 Å². The van der Waals surface area contributed by atoms with E-state index in [9.17, 15) is 0 Å². The van der Waals surface area contributed by atoms with E-state index in [4.69, 9.17) is 11.6 Å². The van der Waals surface area contributed by atoms with E-state index in [1.165, 1.54) is 0 Å². The molecule has 0 atom stereocenters. The summed E-state index contributed by atoms with van der Waals surface area (Å²) in [6.07, 6.45) is 0. The lowest BCUT2D eigenvalue weighted by Gasteiger charge is -2.12. The zero-order valence-corrected chi connectivity index (χ0v) is 8.10. The lowest BCUT2D eigenvalue weighted by atomic mass is 10.2. The van der Waals surface area contributed by atoms with Crippen molar-refractivity contribution in [1.29, 1.82) is 0 Å². The Hall–Kier alpha value is -0.570. The Bertz CT molecular complexity index is 248. The van der Waals surface area contributed by atoms with Crippen molar-refractivity contribution >= 4 is 11.6 Å². The van der Waals surface area contributed by atoms with Crippen molar-refractivity contribution in [2.24, 2.45) is 0 Å². The summed E-state index contributed by atoms with van der Waals surface area (Å²) in [5, 5.41) is 2.72. The van der Waals surface area contributed by atoms with E-state index < -0.39 is 0 Å². The largest absolute Gasteiger partial charge is 0.251 e. The van der Waals surface area contributed by atoms with Gasteiger partial charge in [-0.15, -0.1) is 0 Å². The van der Waals surface area contributed by atoms with E-state index in [2.05, 4.69) is 5.43 Å². The van der Waals surface area contributed by atoms with Crippen LogP contribution in [0, 0.1) is 0 Å². The fraction of sp³-hybridized carbons (Fsp3) is 0.333. The summed E-state index contributed by atoms with van der Waals surface area (Å²) in [6, 6.07) is 7.83. The Morgan fingerprint density at radius 3 is 2.58 bits per heavy atom. The van der Waals surface area contributed by atoms with Gasteiger partial charge < -0.3 is 0 Å². The molecule has 0 saturated heterocycles. The average molecular weight is 185 g/mol. The zero-order chi connectivity index (χ0) is 8.97. The van der Waals surface area contributed by atoms with Crippen molar-refractivity contribution in [3.63, 3.8) is 0 Å². The summed E-state index contributed by atoms with van der Waals surface area (Å²) in [7, 11) is 3.91. The lowest BCUT2D eigenvalue weighted by molar-refractivity contribution is 0.286. The summed E-state index contributed by atoms with van der Waals surface area (Å²) >= 11 is 5.95. The highest BCUT2D eigenvalue weighted by Crippen LogP contribution is 2.13. The highest BCUT2D eigenvalue weighted by Gasteiger charge is 1.97. The average Bonchev–Trinajstić information content (AvgIpc) is 2.03. The van der Waals surface area contributed by atoms with Gasteiger partial charge in [-0.25, -0.2) is 0 Å². The number of hydrogen-bond donors (Lipinski definition) is 1. The monoisotopic (exact) mass is 184 g/mol. The van der Waals surface area contributed by atoms with E-state index in [0.29, 0.717) is 0 Å². The van der Waals surface area contributed by atoms with Crippen LogP contribution in [0.1, 0.15) is 5.56 Å². The third-order valence-electron chi connectivity index (χ3n) is 1.54. The highest BCUT2D eigenvalue weighted by atomic mass is 35.5. The molecule has 2 nitrogen and oxygen atoms in total. The number of nitrogens with one attached hydrogen (secondary N) is 1. The van der Waals surface area contributed by atoms with Crippen molar-refractivity contribution in [1.82, 2.24) is 10.4 Å². The second-order valence-corrected chi connectivity index (χ2v) is 3.23. The van der Waals surface area contributed by atoms with E-state index in [-0.39, 0.29) is 0 Å². The summed E-state index contributed by atoms with van der Waals surface area (Å²) in [4.78, 5) is 0. The van der Waals surface area contributed by atoms with E-state index in [0.717, 1.165) is 17.1 Å². The van der Waals surface area contributed by atoms with Gasteiger partial charge in [-0.2, -0.15) is 0 Å². The minimum atomic E-state index is 0.771. The smallest absolute Gasteiger partial charge is 0.0451 e. The van der Waals surface area contributed by atoms with Crippen LogP contribution in [0.15, 0.2) is 24.3 Å². The van der Waals surface area contributed by atoms with Crippen molar-refractivity contribution in [3.8, 4) is 0 Å². The Morgan fingerprint density at radius 2 is 2.00 bits per heavy atom. The number of nitrogens with zero attached hydrogens (tertiary/aromatic N) is 1. The molecule has 0 heterocycles. The fourth-order valence-electron chi connectivity index (χ4n) is 0.885. The topological polar surface area (TPSA) is 15.3 Å². The minimum Gasteiger partial charge on any atom is -0.251 e. The molecule has 1 rings (SSSR count). The maximum atomic E-state index is 5.95. The number of benzene rings is 1. The summed E-state index contributed by atoms with van der Waals surface area (Å²) in [6.45, 7) is 0.771. The fourth-order valence-corrected chi connectivity index (χ4v) is 1.09. The normalized spacial score (nSPS) is 10.7. The molecule has 0 spiro atoms. The van der Waals surface area contributed by atoms with Crippen LogP contribution in [0.4, 0.5) is 0 Å². The Kier molecular flexibility index (Phi) is 3.53.